The summed E-state index contributed by atoms with van der Waals surface area (Å²) in [7, 11) is 1.50. The van der Waals surface area contributed by atoms with Gasteiger partial charge in [0.25, 0.3) is 0 Å². The first kappa shape index (κ1) is 18.0. The van der Waals surface area contributed by atoms with Crippen LogP contribution in [-0.4, -0.2) is 30.6 Å². The molecule has 1 amide bonds. The molecule has 2 rings (SSSR count). The summed E-state index contributed by atoms with van der Waals surface area (Å²) in [5.41, 5.74) is 0.459. The van der Waals surface area contributed by atoms with Crippen molar-refractivity contribution in [3.8, 4) is 5.75 Å². The van der Waals surface area contributed by atoms with Gasteiger partial charge < -0.3 is 15.2 Å². The number of rotatable bonds is 7. The van der Waals surface area contributed by atoms with Crippen LogP contribution in [0.1, 0.15) is 34.6 Å². The molecule has 0 aliphatic carbocycles. The first-order chi connectivity index (χ1) is 11.4. The number of ether oxygens (including phenoxy) is 1. The number of nitrogens with one attached hydrogen (secondary N) is 1. The Kier molecular flexibility index (Phi) is 5.62. The lowest BCUT2D eigenvalue weighted by Gasteiger charge is -2.22. The Bertz CT molecular complexity index is 723. The van der Waals surface area contributed by atoms with Crippen LogP contribution in [-0.2, 0) is 16.6 Å². The van der Waals surface area contributed by atoms with Crippen LogP contribution in [0.3, 0.4) is 0 Å². The van der Waals surface area contributed by atoms with E-state index in [2.05, 4.69) is 5.32 Å². The van der Waals surface area contributed by atoms with Crippen LogP contribution in [0.15, 0.2) is 35.7 Å². The van der Waals surface area contributed by atoms with Gasteiger partial charge in [-0.15, -0.1) is 11.3 Å². The van der Waals surface area contributed by atoms with E-state index in [-0.39, 0.29) is 11.5 Å². The number of carbonyl (C=O) groups is 2. The van der Waals surface area contributed by atoms with Gasteiger partial charge in [-0.05, 0) is 49.4 Å². The van der Waals surface area contributed by atoms with E-state index in [1.54, 1.807) is 17.4 Å². The number of benzene rings is 1. The molecule has 1 aromatic heterocycles. The van der Waals surface area contributed by atoms with Crippen LogP contribution >= 0.6 is 11.3 Å². The van der Waals surface area contributed by atoms with E-state index in [9.17, 15) is 9.59 Å². The van der Waals surface area contributed by atoms with Crippen molar-refractivity contribution in [3.05, 3.63) is 51.7 Å². The quantitative estimate of drug-likeness (QED) is 0.807. The van der Waals surface area contributed by atoms with Gasteiger partial charge in [-0.25, -0.2) is 4.79 Å². The molecule has 0 bridgehead atoms. The number of carboxylic acids is 1. The number of methoxy groups -OCH3 is 1. The van der Waals surface area contributed by atoms with Gasteiger partial charge in [0, 0.05) is 11.4 Å². The molecule has 0 radical (unpaired) electrons. The van der Waals surface area contributed by atoms with E-state index in [0.717, 1.165) is 10.4 Å². The minimum Gasteiger partial charge on any atom is -0.496 e. The average Bonchev–Trinajstić information content (AvgIpc) is 3.09. The number of aromatic carboxylic acids is 1. The van der Waals surface area contributed by atoms with Gasteiger partial charge in [0.2, 0.25) is 5.91 Å². The van der Waals surface area contributed by atoms with Gasteiger partial charge in [0.15, 0.2) is 0 Å². The zero-order chi connectivity index (χ0) is 17.7. The molecule has 0 saturated carbocycles. The molecular weight excluding hydrogens is 326 g/mol. The molecule has 2 N–H and O–H groups in total. The molecular formula is C18H21NO4S. The average molecular weight is 347 g/mol. The summed E-state index contributed by atoms with van der Waals surface area (Å²) in [6, 6.07) is 8.65. The minimum atomic E-state index is -0.995. The van der Waals surface area contributed by atoms with Crippen LogP contribution in [0, 0.1) is 0 Å². The Balaban J connectivity index is 1.99. The van der Waals surface area contributed by atoms with Crippen molar-refractivity contribution < 1.29 is 19.4 Å². The highest BCUT2D eigenvalue weighted by Crippen LogP contribution is 2.27. The maximum atomic E-state index is 12.4. The summed E-state index contributed by atoms with van der Waals surface area (Å²) >= 11 is 1.56. The first-order valence-corrected chi connectivity index (χ1v) is 8.46. The van der Waals surface area contributed by atoms with Gasteiger partial charge >= 0.3 is 5.97 Å². The Labute approximate surface area is 145 Å². The molecule has 128 valence electrons. The van der Waals surface area contributed by atoms with Crippen molar-refractivity contribution in [1.82, 2.24) is 5.32 Å². The van der Waals surface area contributed by atoms with E-state index >= 15 is 0 Å². The van der Waals surface area contributed by atoms with Crippen molar-refractivity contribution in [2.24, 2.45) is 0 Å². The summed E-state index contributed by atoms with van der Waals surface area (Å²) < 4.78 is 5.25. The molecule has 5 nitrogen and oxygen atoms in total. The van der Waals surface area contributed by atoms with Crippen LogP contribution < -0.4 is 10.1 Å². The zero-order valence-corrected chi connectivity index (χ0v) is 14.8. The van der Waals surface area contributed by atoms with Gasteiger partial charge in [0.05, 0.1) is 18.1 Å². The fourth-order valence-electron chi connectivity index (χ4n) is 2.36. The van der Waals surface area contributed by atoms with E-state index < -0.39 is 11.4 Å². The second kappa shape index (κ2) is 7.49. The highest BCUT2D eigenvalue weighted by Gasteiger charge is 2.30. The maximum Gasteiger partial charge on any atom is 0.335 e. The molecule has 0 spiro atoms. The maximum absolute atomic E-state index is 12.4. The van der Waals surface area contributed by atoms with E-state index in [4.69, 9.17) is 9.84 Å². The molecule has 1 aromatic carbocycles. The first-order valence-electron chi connectivity index (χ1n) is 7.58. The molecule has 0 saturated heterocycles. The normalized spacial score (nSPS) is 11.1. The van der Waals surface area contributed by atoms with Gasteiger partial charge in [0.1, 0.15) is 5.75 Å². The lowest BCUT2D eigenvalue weighted by molar-refractivity contribution is -0.125. The van der Waals surface area contributed by atoms with Crippen LogP contribution in [0.2, 0.25) is 0 Å². The number of carbonyl (C=O) groups excluding carboxylic acids is 1. The van der Waals surface area contributed by atoms with Crippen LogP contribution in [0.5, 0.6) is 5.75 Å². The van der Waals surface area contributed by atoms with Crippen LogP contribution in [0.4, 0.5) is 0 Å². The van der Waals surface area contributed by atoms with Gasteiger partial charge in [-0.1, -0.05) is 12.1 Å². The number of hydrogen-bond donors (Lipinski definition) is 2. The monoisotopic (exact) mass is 347 g/mol. The van der Waals surface area contributed by atoms with Crippen molar-refractivity contribution in [2.45, 2.75) is 25.7 Å². The molecule has 2 aromatic rings. The molecule has 6 heteroatoms. The van der Waals surface area contributed by atoms with E-state index in [0.29, 0.717) is 18.7 Å². The van der Waals surface area contributed by atoms with Crippen LogP contribution in [0.25, 0.3) is 0 Å². The summed E-state index contributed by atoms with van der Waals surface area (Å²) in [6.07, 6.45) is 0.565. The molecule has 0 fully saturated rings. The number of thiophene rings is 1. The van der Waals surface area contributed by atoms with E-state index in [1.807, 2.05) is 31.4 Å². The number of amides is 1. The number of carboxylic acid groups (broad SMARTS) is 1. The van der Waals surface area contributed by atoms with Crippen molar-refractivity contribution in [2.75, 3.05) is 13.7 Å². The molecule has 0 aliphatic heterocycles. The summed E-state index contributed by atoms with van der Waals surface area (Å²) in [6.45, 7) is 4.25. The minimum absolute atomic E-state index is 0.0360. The Morgan fingerprint density at radius 3 is 2.62 bits per heavy atom. The molecule has 1 heterocycles. The fourth-order valence-corrected chi connectivity index (χ4v) is 3.21. The Morgan fingerprint density at radius 1 is 1.29 bits per heavy atom. The third-order valence-corrected chi connectivity index (χ3v) is 5.11. The smallest absolute Gasteiger partial charge is 0.335 e. The highest BCUT2D eigenvalue weighted by molar-refractivity contribution is 7.10. The van der Waals surface area contributed by atoms with Gasteiger partial charge in [-0.2, -0.15) is 0 Å². The standard InChI is InChI=1S/C18H21NO4S/c1-18(2,15-5-4-10-24-15)17(22)19-9-8-12-6-7-13(16(20)21)11-14(12)23-3/h4-7,10-11H,8-9H2,1-3H3,(H,19,22)(H,20,21). The molecule has 24 heavy (non-hydrogen) atoms. The summed E-state index contributed by atoms with van der Waals surface area (Å²) in [5.74, 6) is -0.515. The predicted octanol–water partition coefficient (Wildman–Crippen LogP) is 3.09. The van der Waals surface area contributed by atoms with E-state index in [1.165, 1.54) is 19.2 Å². The summed E-state index contributed by atoms with van der Waals surface area (Å²) in [4.78, 5) is 24.4. The number of hydrogen-bond acceptors (Lipinski definition) is 4. The second-order valence-corrected chi connectivity index (χ2v) is 6.89. The SMILES string of the molecule is COc1cc(C(=O)O)ccc1CCNC(=O)C(C)(C)c1cccs1. The largest absolute Gasteiger partial charge is 0.496 e. The summed E-state index contributed by atoms with van der Waals surface area (Å²) in [5, 5.41) is 13.9. The lowest BCUT2D eigenvalue weighted by atomic mass is 9.90. The second-order valence-electron chi connectivity index (χ2n) is 5.94. The zero-order valence-electron chi connectivity index (χ0n) is 14.0. The van der Waals surface area contributed by atoms with Gasteiger partial charge in [-0.3, -0.25) is 4.79 Å². The Hall–Kier alpha value is -2.34. The van der Waals surface area contributed by atoms with Crippen molar-refractivity contribution in [3.63, 3.8) is 0 Å². The molecule has 0 aliphatic rings. The predicted molar refractivity (Wildman–Crippen MR) is 94.0 cm³/mol. The topological polar surface area (TPSA) is 75.6 Å². The third-order valence-electron chi connectivity index (χ3n) is 3.92. The molecule has 0 unspecified atom stereocenters. The Morgan fingerprint density at radius 2 is 2.04 bits per heavy atom. The van der Waals surface area contributed by atoms with Crippen molar-refractivity contribution in [1.29, 1.82) is 0 Å². The third kappa shape index (κ3) is 3.94. The van der Waals surface area contributed by atoms with Crippen molar-refractivity contribution >= 4 is 23.2 Å². The fraction of sp³-hybridized carbons (Fsp3) is 0.333. The lowest BCUT2D eigenvalue weighted by Crippen LogP contribution is -2.40. The molecule has 0 atom stereocenters. The highest BCUT2D eigenvalue weighted by atomic mass is 32.1.